The highest BCUT2D eigenvalue weighted by Gasteiger charge is 2.13. The van der Waals surface area contributed by atoms with Crippen LogP contribution in [0.5, 0.6) is 0 Å². The van der Waals surface area contributed by atoms with Crippen LogP contribution < -0.4 is 0 Å². The van der Waals surface area contributed by atoms with Crippen LogP contribution in [0.3, 0.4) is 0 Å². The van der Waals surface area contributed by atoms with E-state index in [0.717, 1.165) is 99.3 Å². The summed E-state index contributed by atoms with van der Waals surface area (Å²) in [5.41, 5.74) is 13.3. The summed E-state index contributed by atoms with van der Waals surface area (Å²) in [6, 6.07) is 53.2. The Hall–Kier alpha value is -6.65. The summed E-state index contributed by atoms with van der Waals surface area (Å²) < 4.78 is 6.16. The number of aromatic nitrogens is 3. The van der Waals surface area contributed by atoms with E-state index in [1.54, 1.807) is 0 Å². The number of fused-ring (bicyclic) bond motifs is 7. The molecule has 0 saturated heterocycles. The Kier molecular flexibility index (Phi) is 6.15. The molecule has 49 heavy (non-hydrogen) atoms. The first-order chi connectivity index (χ1) is 24.2. The largest absolute Gasteiger partial charge is 0.456 e. The van der Waals surface area contributed by atoms with Gasteiger partial charge in [-0.05, 0) is 94.5 Å². The molecule has 0 aliphatic heterocycles. The minimum Gasteiger partial charge on any atom is -0.456 e. The Bertz CT molecular complexity index is 2890. The van der Waals surface area contributed by atoms with Crippen LogP contribution in [0.4, 0.5) is 0 Å². The molecule has 0 fully saturated rings. The molecular weight excluding hydrogens is 599 g/mol. The van der Waals surface area contributed by atoms with E-state index in [9.17, 15) is 0 Å². The highest BCUT2D eigenvalue weighted by atomic mass is 16.3. The molecule has 228 valence electrons. The van der Waals surface area contributed by atoms with Crippen molar-refractivity contribution >= 4 is 54.6 Å². The van der Waals surface area contributed by atoms with Crippen LogP contribution in [-0.2, 0) is 0 Å². The number of pyridine rings is 3. The Balaban J connectivity index is 1.14. The fourth-order valence-corrected chi connectivity index (χ4v) is 7.00. The van der Waals surface area contributed by atoms with Gasteiger partial charge in [-0.25, -0.2) is 4.98 Å². The average Bonchev–Trinajstić information content (AvgIpc) is 3.55. The van der Waals surface area contributed by atoms with Crippen LogP contribution in [0.15, 0.2) is 168 Å². The number of hydrogen-bond acceptors (Lipinski definition) is 4. The highest BCUT2D eigenvalue weighted by molar-refractivity contribution is 6.07. The van der Waals surface area contributed by atoms with Crippen molar-refractivity contribution < 1.29 is 4.42 Å². The van der Waals surface area contributed by atoms with Crippen LogP contribution in [0.1, 0.15) is 0 Å². The van der Waals surface area contributed by atoms with Crippen LogP contribution in [0, 0.1) is 0 Å². The van der Waals surface area contributed by atoms with Gasteiger partial charge in [-0.2, -0.15) is 0 Å². The molecule has 10 rings (SSSR count). The molecule has 0 spiro atoms. The molecule has 0 radical (unpaired) electrons. The predicted molar refractivity (Wildman–Crippen MR) is 201 cm³/mol. The van der Waals surface area contributed by atoms with E-state index < -0.39 is 0 Å². The third kappa shape index (κ3) is 4.73. The van der Waals surface area contributed by atoms with Crippen molar-refractivity contribution in [2.45, 2.75) is 0 Å². The van der Waals surface area contributed by atoms with Crippen LogP contribution in [0.2, 0.25) is 0 Å². The maximum absolute atomic E-state index is 6.16. The van der Waals surface area contributed by atoms with Crippen molar-refractivity contribution in [1.82, 2.24) is 15.0 Å². The minimum atomic E-state index is 0.887. The quantitative estimate of drug-likeness (QED) is 0.183. The lowest BCUT2D eigenvalue weighted by Gasteiger charge is -2.13. The van der Waals surface area contributed by atoms with Crippen molar-refractivity contribution in [3.8, 4) is 44.6 Å². The van der Waals surface area contributed by atoms with Gasteiger partial charge >= 0.3 is 0 Å². The lowest BCUT2D eigenvalue weighted by molar-refractivity contribution is 0.669. The maximum Gasteiger partial charge on any atom is 0.135 e. The number of rotatable bonds is 4. The van der Waals surface area contributed by atoms with Gasteiger partial charge in [-0.1, -0.05) is 84.9 Å². The molecule has 0 aliphatic rings. The van der Waals surface area contributed by atoms with Crippen molar-refractivity contribution in [1.29, 1.82) is 0 Å². The normalized spacial score (nSPS) is 11.7. The van der Waals surface area contributed by atoms with Gasteiger partial charge < -0.3 is 4.42 Å². The van der Waals surface area contributed by atoms with E-state index in [2.05, 4.69) is 120 Å². The van der Waals surface area contributed by atoms with E-state index >= 15 is 0 Å². The Labute approximate surface area is 282 Å². The van der Waals surface area contributed by atoms with Gasteiger partial charge in [0.15, 0.2) is 0 Å². The molecule has 0 bridgehead atoms. The lowest BCUT2D eigenvalue weighted by Crippen LogP contribution is -1.90. The Morgan fingerprint density at radius 1 is 0.388 bits per heavy atom. The molecule has 0 saturated carbocycles. The molecule has 0 N–H and O–H groups in total. The number of furan rings is 1. The first-order valence-electron chi connectivity index (χ1n) is 16.4. The van der Waals surface area contributed by atoms with Crippen molar-refractivity contribution in [2.24, 2.45) is 0 Å². The Morgan fingerprint density at radius 2 is 1.08 bits per heavy atom. The molecule has 4 heterocycles. The maximum atomic E-state index is 6.16. The molecule has 4 heteroatoms. The standard InChI is InChI=1S/C45H27N3O/c1-2-7-28(8-3-1)40-18-15-32-21-30(14-17-41(32)48-40)34-23-35(31-16-19-43-39(26-31)38-10-4-5-11-42(38)49-43)25-36(24-34)37-22-33-13-12-29-9-6-20-46-44(29)45(33)47-27-37/h1-27H. The Morgan fingerprint density at radius 3 is 1.98 bits per heavy atom. The summed E-state index contributed by atoms with van der Waals surface area (Å²) in [6.07, 6.45) is 3.80. The van der Waals surface area contributed by atoms with Gasteiger partial charge in [-0.3, -0.25) is 9.97 Å². The summed E-state index contributed by atoms with van der Waals surface area (Å²) in [7, 11) is 0. The van der Waals surface area contributed by atoms with Gasteiger partial charge in [0.05, 0.1) is 22.2 Å². The van der Waals surface area contributed by atoms with Gasteiger partial charge in [-0.15, -0.1) is 0 Å². The third-order valence-corrected chi connectivity index (χ3v) is 9.49. The summed E-state index contributed by atoms with van der Waals surface area (Å²) >= 11 is 0. The van der Waals surface area contributed by atoms with Gasteiger partial charge in [0.1, 0.15) is 11.2 Å². The zero-order valence-electron chi connectivity index (χ0n) is 26.3. The second kappa shape index (κ2) is 11.0. The monoisotopic (exact) mass is 625 g/mol. The van der Waals surface area contributed by atoms with E-state index in [1.807, 2.05) is 48.8 Å². The molecule has 6 aromatic carbocycles. The third-order valence-electron chi connectivity index (χ3n) is 9.49. The first kappa shape index (κ1) is 27.5. The van der Waals surface area contributed by atoms with Gasteiger partial charge in [0.25, 0.3) is 0 Å². The average molecular weight is 626 g/mol. The zero-order valence-corrected chi connectivity index (χ0v) is 26.3. The molecule has 0 aliphatic carbocycles. The van der Waals surface area contributed by atoms with Crippen molar-refractivity contribution in [2.75, 3.05) is 0 Å². The second-order valence-electron chi connectivity index (χ2n) is 12.5. The van der Waals surface area contributed by atoms with Crippen molar-refractivity contribution in [3.05, 3.63) is 164 Å². The highest BCUT2D eigenvalue weighted by Crippen LogP contribution is 2.38. The number of hydrogen-bond donors (Lipinski definition) is 0. The van der Waals surface area contributed by atoms with Gasteiger partial charge in [0, 0.05) is 50.5 Å². The van der Waals surface area contributed by atoms with Crippen LogP contribution in [-0.4, -0.2) is 15.0 Å². The number of para-hydroxylation sites is 1. The van der Waals surface area contributed by atoms with E-state index in [-0.39, 0.29) is 0 Å². The van der Waals surface area contributed by atoms with Gasteiger partial charge in [0.2, 0.25) is 0 Å². The topological polar surface area (TPSA) is 51.8 Å². The summed E-state index contributed by atoms with van der Waals surface area (Å²) in [6.45, 7) is 0. The molecular formula is C45H27N3O. The zero-order chi connectivity index (χ0) is 32.3. The number of nitrogens with zero attached hydrogens (tertiary/aromatic N) is 3. The fraction of sp³-hybridized carbons (Fsp3) is 0. The fourth-order valence-electron chi connectivity index (χ4n) is 7.00. The summed E-state index contributed by atoms with van der Waals surface area (Å²) in [5, 5.41) is 5.48. The number of benzene rings is 6. The van der Waals surface area contributed by atoms with Crippen LogP contribution in [0.25, 0.3) is 99.3 Å². The summed E-state index contributed by atoms with van der Waals surface area (Å²) in [4.78, 5) is 14.6. The molecule has 0 atom stereocenters. The van der Waals surface area contributed by atoms with E-state index in [4.69, 9.17) is 14.4 Å². The molecule has 0 amide bonds. The van der Waals surface area contributed by atoms with Crippen LogP contribution >= 0.6 is 0 Å². The SMILES string of the molecule is c1ccc(-c2ccc3cc(-c4cc(-c5cnc6c(ccc7cccnc76)c5)cc(-c5ccc6oc7ccccc7c6c5)c4)ccc3n2)cc1. The first-order valence-corrected chi connectivity index (χ1v) is 16.4. The molecule has 0 unspecified atom stereocenters. The lowest BCUT2D eigenvalue weighted by atomic mass is 9.92. The molecule has 10 aromatic rings. The van der Waals surface area contributed by atoms with E-state index in [0.29, 0.717) is 0 Å². The molecule has 4 nitrogen and oxygen atoms in total. The van der Waals surface area contributed by atoms with E-state index in [1.165, 1.54) is 0 Å². The predicted octanol–water partition coefficient (Wildman–Crippen LogP) is 11.9. The summed E-state index contributed by atoms with van der Waals surface area (Å²) in [5.74, 6) is 0. The smallest absolute Gasteiger partial charge is 0.135 e. The molecule has 4 aromatic heterocycles. The minimum absolute atomic E-state index is 0.887. The van der Waals surface area contributed by atoms with Crippen molar-refractivity contribution in [3.63, 3.8) is 0 Å². The second-order valence-corrected chi connectivity index (χ2v) is 12.5.